The van der Waals surface area contributed by atoms with Gasteiger partial charge >= 0.3 is 12.1 Å². The molecule has 0 saturated carbocycles. The van der Waals surface area contributed by atoms with Gasteiger partial charge in [-0.1, -0.05) is 71.8 Å². The standard InChI is InChI=1S/C32H35F5O3S/c33-31(34,32(35,36)37)20-7-23-41(39)22-6-2-5-21-40-30-18-13-25(14-19-30)10-15-28(27-8-3-1-4-9-27)24-26-11-16-29(38)17-12-26/h1,3-4,8-9,11-14,16-19,24,38H,2,5-7,10,15,20-23H2/b28-24+. The predicted octanol–water partition coefficient (Wildman–Crippen LogP) is 8.84. The number of hydrogen-bond donors (Lipinski definition) is 1. The summed E-state index contributed by atoms with van der Waals surface area (Å²) in [7, 11) is 0. The number of rotatable bonds is 16. The normalized spacial score (nSPS) is 13.3. The molecule has 0 amide bonds. The number of aryl methyl sites for hydroxylation is 1. The second kappa shape index (κ2) is 15.8. The molecule has 3 aromatic rings. The molecule has 3 nitrogen and oxygen atoms in total. The minimum Gasteiger partial charge on any atom is -0.616 e. The number of alkyl halides is 5. The number of phenolic OH excluding ortho intramolecular Hbond substituents is 1. The zero-order chi connectivity index (χ0) is 29.7. The van der Waals surface area contributed by atoms with Crippen LogP contribution in [-0.4, -0.2) is 39.9 Å². The van der Waals surface area contributed by atoms with Gasteiger partial charge in [0.05, 0.1) is 6.61 Å². The second-order valence-electron chi connectivity index (χ2n) is 9.83. The van der Waals surface area contributed by atoms with Crippen molar-refractivity contribution in [2.45, 2.75) is 57.0 Å². The first kappa shape index (κ1) is 32.5. The minimum absolute atomic E-state index is 0.159. The topological polar surface area (TPSA) is 52.5 Å². The Bertz CT molecular complexity index is 1200. The van der Waals surface area contributed by atoms with Gasteiger partial charge in [-0.3, -0.25) is 0 Å². The quantitative estimate of drug-likeness (QED) is 0.0780. The van der Waals surface area contributed by atoms with Gasteiger partial charge in [0, 0.05) is 6.42 Å². The molecular formula is C32H35F5O3S. The van der Waals surface area contributed by atoms with Crippen molar-refractivity contribution in [1.29, 1.82) is 0 Å². The number of phenols is 1. The average Bonchev–Trinajstić information content (AvgIpc) is 2.94. The van der Waals surface area contributed by atoms with E-state index in [1.807, 2.05) is 54.6 Å². The molecule has 0 spiro atoms. The van der Waals surface area contributed by atoms with Crippen LogP contribution in [-0.2, 0) is 17.6 Å². The molecule has 0 saturated heterocycles. The molecule has 41 heavy (non-hydrogen) atoms. The minimum atomic E-state index is -5.56. The van der Waals surface area contributed by atoms with Crippen LogP contribution in [0.15, 0.2) is 78.9 Å². The first-order valence-corrected chi connectivity index (χ1v) is 15.1. The number of hydrogen-bond acceptors (Lipinski definition) is 3. The third-order valence-electron chi connectivity index (χ3n) is 6.55. The maximum atomic E-state index is 12.9. The summed E-state index contributed by atoms with van der Waals surface area (Å²) in [5.41, 5.74) is 4.52. The van der Waals surface area contributed by atoms with Gasteiger partial charge in [0.25, 0.3) is 0 Å². The Balaban J connectivity index is 1.36. The number of ether oxygens (including phenoxy) is 1. The Labute approximate surface area is 241 Å². The van der Waals surface area contributed by atoms with Gasteiger partial charge in [-0.15, -0.1) is 0 Å². The molecule has 0 bridgehead atoms. The summed E-state index contributed by atoms with van der Waals surface area (Å²) < 4.78 is 80.0. The first-order chi connectivity index (χ1) is 19.5. The molecule has 222 valence electrons. The highest BCUT2D eigenvalue weighted by Crippen LogP contribution is 2.38. The van der Waals surface area contributed by atoms with Crippen LogP contribution in [0.5, 0.6) is 11.5 Å². The second-order valence-corrected chi connectivity index (χ2v) is 11.5. The Morgan fingerprint density at radius 2 is 1.46 bits per heavy atom. The molecule has 0 aromatic heterocycles. The Kier molecular flexibility index (Phi) is 12.5. The number of unbranched alkanes of at least 4 members (excludes halogenated alkanes) is 2. The Morgan fingerprint density at radius 3 is 2.12 bits per heavy atom. The fourth-order valence-electron chi connectivity index (χ4n) is 4.19. The third kappa shape index (κ3) is 11.4. The number of benzene rings is 3. The number of halogens is 5. The molecule has 1 atom stereocenters. The van der Waals surface area contributed by atoms with Gasteiger partial charge in [-0.2, -0.15) is 22.0 Å². The van der Waals surface area contributed by atoms with Crippen molar-refractivity contribution in [2.24, 2.45) is 0 Å². The van der Waals surface area contributed by atoms with E-state index < -0.39 is 36.1 Å². The van der Waals surface area contributed by atoms with E-state index in [4.69, 9.17) is 4.74 Å². The van der Waals surface area contributed by atoms with E-state index in [-0.39, 0.29) is 17.3 Å². The summed E-state index contributed by atoms with van der Waals surface area (Å²) in [6.07, 6.45) is -1.50. The molecule has 3 rings (SSSR count). The molecule has 0 aliphatic heterocycles. The lowest BCUT2D eigenvalue weighted by atomic mass is 9.96. The lowest BCUT2D eigenvalue weighted by molar-refractivity contribution is -0.284. The van der Waals surface area contributed by atoms with Gasteiger partial charge in [0.2, 0.25) is 0 Å². The van der Waals surface area contributed by atoms with Crippen LogP contribution < -0.4 is 4.74 Å². The van der Waals surface area contributed by atoms with Crippen molar-refractivity contribution in [3.8, 4) is 11.5 Å². The summed E-state index contributed by atoms with van der Waals surface area (Å²) in [6.45, 7) is 0.470. The van der Waals surface area contributed by atoms with Crippen LogP contribution in [0.3, 0.4) is 0 Å². The van der Waals surface area contributed by atoms with Crippen LogP contribution >= 0.6 is 0 Å². The van der Waals surface area contributed by atoms with E-state index in [1.165, 1.54) is 11.1 Å². The highest BCUT2D eigenvalue weighted by molar-refractivity contribution is 7.91. The maximum Gasteiger partial charge on any atom is 0.453 e. The zero-order valence-corrected chi connectivity index (χ0v) is 23.5. The molecule has 1 unspecified atom stereocenters. The predicted molar refractivity (Wildman–Crippen MR) is 155 cm³/mol. The van der Waals surface area contributed by atoms with Crippen molar-refractivity contribution in [3.63, 3.8) is 0 Å². The van der Waals surface area contributed by atoms with Crippen molar-refractivity contribution >= 4 is 22.8 Å². The summed E-state index contributed by atoms with van der Waals surface area (Å²) in [5, 5.41) is 9.57. The smallest absolute Gasteiger partial charge is 0.453 e. The molecule has 0 heterocycles. The summed E-state index contributed by atoms with van der Waals surface area (Å²) in [4.78, 5) is 0. The molecule has 0 radical (unpaired) electrons. The molecule has 9 heteroatoms. The van der Waals surface area contributed by atoms with E-state index in [2.05, 4.69) is 18.2 Å². The third-order valence-corrected chi connectivity index (χ3v) is 8.04. The first-order valence-electron chi connectivity index (χ1n) is 13.6. The highest BCUT2D eigenvalue weighted by Gasteiger charge is 2.56. The zero-order valence-electron chi connectivity index (χ0n) is 22.7. The van der Waals surface area contributed by atoms with E-state index in [9.17, 15) is 31.6 Å². The fraction of sp³-hybridized carbons (Fsp3) is 0.375. The molecular weight excluding hydrogens is 559 g/mol. The van der Waals surface area contributed by atoms with E-state index in [0.29, 0.717) is 19.4 Å². The summed E-state index contributed by atoms with van der Waals surface area (Å²) in [6, 6.07) is 25.2. The van der Waals surface area contributed by atoms with Gasteiger partial charge in [-0.05, 0) is 85.1 Å². The van der Waals surface area contributed by atoms with Crippen LogP contribution in [0.4, 0.5) is 22.0 Å². The lowest BCUT2D eigenvalue weighted by Gasteiger charge is -2.19. The summed E-state index contributed by atoms with van der Waals surface area (Å²) >= 11 is -1.41. The van der Waals surface area contributed by atoms with Crippen LogP contribution in [0, 0.1) is 0 Å². The van der Waals surface area contributed by atoms with Crippen LogP contribution in [0.2, 0.25) is 0 Å². The molecule has 0 fully saturated rings. The average molecular weight is 595 g/mol. The Morgan fingerprint density at radius 1 is 0.805 bits per heavy atom. The largest absolute Gasteiger partial charge is 0.616 e. The molecule has 1 N–H and O–H groups in total. The van der Waals surface area contributed by atoms with E-state index in [1.54, 1.807) is 12.1 Å². The lowest BCUT2D eigenvalue weighted by Crippen LogP contribution is -2.36. The summed E-state index contributed by atoms with van der Waals surface area (Å²) in [5.74, 6) is -3.64. The van der Waals surface area contributed by atoms with Crippen molar-refractivity contribution in [1.82, 2.24) is 0 Å². The van der Waals surface area contributed by atoms with Crippen molar-refractivity contribution in [2.75, 3.05) is 18.1 Å². The van der Waals surface area contributed by atoms with Gasteiger partial charge in [0.1, 0.15) is 23.0 Å². The number of aromatic hydroxyl groups is 1. The van der Waals surface area contributed by atoms with Crippen molar-refractivity contribution in [3.05, 3.63) is 95.6 Å². The number of allylic oxidation sites excluding steroid dienone is 1. The van der Waals surface area contributed by atoms with Crippen LogP contribution in [0.1, 0.15) is 55.2 Å². The van der Waals surface area contributed by atoms with E-state index in [0.717, 1.165) is 36.1 Å². The molecule has 0 aliphatic rings. The van der Waals surface area contributed by atoms with Gasteiger partial charge in [0.15, 0.2) is 0 Å². The SMILES string of the molecule is [O-][S+](CCCCCOc1ccc(CC/C(=C\c2ccc(O)cc2)c2ccccc2)cc1)CCCC(F)(F)C(F)(F)F. The monoisotopic (exact) mass is 594 g/mol. The maximum absolute atomic E-state index is 12.9. The molecule has 0 aliphatic carbocycles. The highest BCUT2D eigenvalue weighted by atomic mass is 32.2. The van der Waals surface area contributed by atoms with E-state index >= 15 is 0 Å². The Hall–Kier alpha value is -3.04. The van der Waals surface area contributed by atoms with Crippen LogP contribution in [0.25, 0.3) is 11.6 Å². The van der Waals surface area contributed by atoms with Gasteiger partial charge < -0.3 is 14.4 Å². The van der Waals surface area contributed by atoms with Crippen molar-refractivity contribution < 1.29 is 36.3 Å². The molecule has 3 aromatic carbocycles. The fourth-order valence-corrected chi connectivity index (χ4v) is 5.38. The van der Waals surface area contributed by atoms with Gasteiger partial charge in [-0.25, -0.2) is 0 Å².